The summed E-state index contributed by atoms with van der Waals surface area (Å²) in [7, 11) is 0. The third-order valence-corrected chi connectivity index (χ3v) is 3.46. The first-order chi connectivity index (χ1) is 9.22. The summed E-state index contributed by atoms with van der Waals surface area (Å²) in [6, 6.07) is 10.7. The maximum absolute atomic E-state index is 11.9. The third-order valence-electron chi connectivity index (χ3n) is 3.46. The fourth-order valence-electron chi connectivity index (χ4n) is 2.27. The molecule has 19 heavy (non-hydrogen) atoms. The Balaban J connectivity index is 2.41. The van der Waals surface area contributed by atoms with Gasteiger partial charge in [-0.2, -0.15) is 0 Å². The number of carbonyl (C=O) groups is 1. The highest BCUT2D eigenvalue weighted by Crippen LogP contribution is 2.15. The van der Waals surface area contributed by atoms with Crippen LogP contribution in [0.4, 0.5) is 0 Å². The summed E-state index contributed by atoms with van der Waals surface area (Å²) < 4.78 is 0. The van der Waals surface area contributed by atoms with Gasteiger partial charge in [0.25, 0.3) is 0 Å². The molecule has 0 aliphatic carbocycles. The molecular formula is C16H26N2O. The Labute approximate surface area is 117 Å². The summed E-state index contributed by atoms with van der Waals surface area (Å²) in [6.07, 6.45) is 1.61. The van der Waals surface area contributed by atoms with Gasteiger partial charge in [-0.15, -0.1) is 0 Å². The normalized spacial score (nSPS) is 12.2. The lowest BCUT2D eigenvalue weighted by atomic mass is 10.0. The van der Waals surface area contributed by atoms with Gasteiger partial charge in [0.2, 0.25) is 5.91 Å². The molecule has 1 aromatic carbocycles. The van der Waals surface area contributed by atoms with Crippen molar-refractivity contribution in [1.29, 1.82) is 0 Å². The van der Waals surface area contributed by atoms with E-state index >= 15 is 0 Å². The third kappa shape index (κ3) is 5.03. The van der Waals surface area contributed by atoms with E-state index in [0.29, 0.717) is 12.5 Å². The molecule has 0 aliphatic heterocycles. The van der Waals surface area contributed by atoms with Crippen molar-refractivity contribution in [3.63, 3.8) is 0 Å². The van der Waals surface area contributed by atoms with Crippen molar-refractivity contribution in [2.75, 3.05) is 19.6 Å². The van der Waals surface area contributed by atoms with Crippen LogP contribution in [0.25, 0.3) is 0 Å². The predicted octanol–water partition coefficient (Wildman–Crippen LogP) is 2.99. The number of nitrogens with zero attached hydrogens (tertiary/aromatic N) is 1. The minimum Gasteiger partial charge on any atom is -0.343 e. The van der Waals surface area contributed by atoms with Crippen LogP contribution in [0.1, 0.15) is 45.2 Å². The van der Waals surface area contributed by atoms with Gasteiger partial charge in [0.05, 0.1) is 0 Å². The molecule has 1 N–H and O–H groups in total. The number of hydrogen-bond donors (Lipinski definition) is 1. The standard InChI is InChI=1S/C16H26N2O/c1-4-15(14-10-8-7-9-11-14)17-13-12-16(19)18(5-2)6-3/h7-11,15,17H,4-6,12-13H2,1-3H3. The van der Waals surface area contributed by atoms with E-state index in [-0.39, 0.29) is 5.91 Å². The SMILES string of the molecule is CCC(NCCC(=O)N(CC)CC)c1ccccc1. The second-order valence-electron chi connectivity index (χ2n) is 4.64. The molecule has 1 amide bonds. The zero-order valence-corrected chi connectivity index (χ0v) is 12.4. The van der Waals surface area contributed by atoms with Gasteiger partial charge in [-0.3, -0.25) is 4.79 Å². The topological polar surface area (TPSA) is 32.3 Å². The van der Waals surface area contributed by atoms with E-state index in [1.54, 1.807) is 0 Å². The van der Waals surface area contributed by atoms with Gasteiger partial charge in [-0.25, -0.2) is 0 Å². The molecule has 1 rings (SSSR count). The van der Waals surface area contributed by atoms with Crippen LogP contribution >= 0.6 is 0 Å². The second kappa shape index (κ2) is 8.70. The number of carbonyl (C=O) groups excluding carboxylic acids is 1. The predicted molar refractivity (Wildman–Crippen MR) is 80.0 cm³/mol. The first-order valence-corrected chi connectivity index (χ1v) is 7.28. The maximum Gasteiger partial charge on any atom is 0.223 e. The van der Waals surface area contributed by atoms with Crippen molar-refractivity contribution < 1.29 is 4.79 Å². The summed E-state index contributed by atoms with van der Waals surface area (Å²) >= 11 is 0. The number of benzene rings is 1. The average Bonchev–Trinajstić information content (AvgIpc) is 2.46. The van der Waals surface area contributed by atoms with Gasteiger partial charge < -0.3 is 10.2 Å². The zero-order chi connectivity index (χ0) is 14.1. The lowest BCUT2D eigenvalue weighted by Crippen LogP contribution is -2.33. The molecule has 0 radical (unpaired) electrons. The number of amides is 1. The molecule has 1 atom stereocenters. The average molecular weight is 262 g/mol. The molecule has 0 saturated carbocycles. The molecule has 106 valence electrons. The summed E-state index contributed by atoms with van der Waals surface area (Å²) in [4.78, 5) is 13.8. The van der Waals surface area contributed by atoms with Crippen molar-refractivity contribution in [2.45, 2.75) is 39.7 Å². The molecule has 0 fully saturated rings. The van der Waals surface area contributed by atoms with Crippen LogP contribution in [0, 0.1) is 0 Å². The molecule has 0 heterocycles. The van der Waals surface area contributed by atoms with Gasteiger partial charge in [0.15, 0.2) is 0 Å². The van der Waals surface area contributed by atoms with Crippen molar-refractivity contribution in [1.82, 2.24) is 10.2 Å². The summed E-state index contributed by atoms with van der Waals surface area (Å²) in [5.41, 5.74) is 1.29. The van der Waals surface area contributed by atoms with Crippen molar-refractivity contribution in [2.24, 2.45) is 0 Å². The van der Waals surface area contributed by atoms with Crippen molar-refractivity contribution in [3.8, 4) is 0 Å². The van der Waals surface area contributed by atoms with Crippen LogP contribution in [0.15, 0.2) is 30.3 Å². The first-order valence-electron chi connectivity index (χ1n) is 7.28. The van der Waals surface area contributed by atoms with Gasteiger partial charge >= 0.3 is 0 Å². The Hall–Kier alpha value is -1.35. The van der Waals surface area contributed by atoms with E-state index in [0.717, 1.165) is 26.1 Å². The molecular weight excluding hydrogens is 236 g/mol. The molecule has 0 saturated heterocycles. The fourth-order valence-corrected chi connectivity index (χ4v) is 2.27. The van der Waals surface area contributed by atoms with Crippen LogP contribution in [0.5, 0.6) is 0 Å². The lowest BCUT2D eigenvalue weighted by Gasteiger charge is -2.21. The molecule has 0 aliphatic rings. The molecule has 1 unspecified atom stereocenters. The van der Waals surface area contributed by atoms with Crippen molar-refractivity contribution in [3.05, 3.63) is 35.9 Å². The van der Waals surface area contributed by atoms with Crippen molar-refractivity contribution >= 4 is 5.91 Å². The van der Waals surface area contributed by atoms with Gasteiger partial charge in [0.1, 0.15) is 0 Å². The number of rotatable bonds is 8. The van der Waals surface area contributed by atoms with Crippen LogP contribution in [-0.4, -0.2) is 30.4 Å². The highest BCUT2D eigenvalue weighted by atomic mass is 16.2. The van der Waals surface area contributed by atoms with Crippen LogP contribution in [0.2, 0.25) is 0 Å². The van der Waals surface area contributed by atoms with Gasteiger partial charge in [0, 0.05) is 32.1 Å². The monoisotopic (exact) mass is 262 g/mol. The maximum atomic E-state index is 11.9. The molecule has 0 bridgehead atoms. The largest absolute Gasteiger partial charge is 0.343 e. The quantitative estimate of drug-likeness (QED) is 0.781. The molecule has 3 heteroatoms. The minimum absolute atomic E-state index is 0.236. The summed E-state index contributed by atoms with van der Waals surface area (Å²) in [5, 5.41) is 3.47. The van der Waals surface area contributed by atoms with Gasteiger partial charge in [-0.1, -0.05) is 37.3 Å². The summed E-state index contributed by atoms with van der Waals surface area (Å²) in [6.45, 7) is 8.54. The fraction of sp³-hybridized carbons (Fsp3) is 0.562. The van der Waals surface area contributed by atoms with Crippen LogP contribution < -0.4 is 5.32 Å². The number of hydrogen-bond acceptors (Lipinski definition) is 2. The highest BCUT2D eigenvalue weighted by Gasteiger charge is 2.11. The van der Waals surface area contributed by atoms with E-state index in [2.05, 4.69) is 36.5 Å². The van der Waals surface area contributed by atoms with E-state index in [1.807, 2.05) is 24.8 Å². The lowest BCUT2D eigenvalue weighted by molar-refractivity contribution is -0.130. The smallest absolute Gasteiger partial charge is 0.223 e. The highest BCUT2D eigenvalue weighted by molar-refractivity contribution is 5.76. The molecule has 0 spiro atoms. The van der Waals surface area contributed by atoms with E-state index in [9.17, 15) is 4.79 Å². The summed E-state index contributed by atoms with van der Waals surface area (Å²) in [5.74, 6) is 0.236. The molecule has 0 aromatic heterocycles. The Kier molecular flexibility index (Phi) is 7.19. The first kappa shape index (κ1) is 15.7. The van der Waals surface area contributed by atoms with E-state index in [1.165, 1.54) is 5.56 Å². The molecule has 1 aromatic rings. The van der Waals surface area contributed by atoms with Crippen LogP contribution in [-0.2, 0) is 4.79 Å². The minimum atomic E-state index is 0.236. The van der Waals surface area contributed by atoms with E-state index < -0.39 is 0 Å². The van der Waals surface area contributed by atoms with Crippen LogP contribution in [0.3, 0.4) is 0 Å². The Morgan fingerprint density at radius 1 is 1.16 bits per heavy atom. The Morgan fingerprint density at radius 2 is 1.79 bits per heavy atom. The zero-order valence-electron chi connectivity index (χ0n) is 12.4. The second-order valence-corrected chi connectivity index (χ2v) is 4.64. The number of nitrogens with one attached hydrogen (secondary N) is 1. The van der Waals surface area contributed by atoms with Gasteiger partial charge in [-0.05, 0) is 25.8 Å². The van der Waals surface area contributed by atoms with E-state index in [4.69, 9.17) is 0 Å². The molecule has 3 nitrogen and oxygen atoms in total. The Morgan fingerprint density at radius 3 is 2.32 bits per heavy atom. The Bertz CT molecular complexity index is 360.